The molecule has 1 aliphatic rings. The van der Waals surface area contributed by atoms with Crippen LogP contribution >= 0.6 is 11.3 Å². The van der Waals surface area contributed by atoms with Crippen molar-refractivity contribution in [3.63, 3.8) is 0 Å². The van der Waals surface area contributed by atoms with E-state index >= 15 is 0 Å². The summed E-state index contributed by atoms with van der Waals surface area (Å²) in [5.74, 6) is 1.76. The van der Waals surface area contributed by atoms with Gasteiger partial charge in [-0.25, -0.2) is 9.97 Å². The minimum Gasteiger partial charge on any atom is -0.378 e. The number of hydrogen-bond donors (Lipinski definition) is 1. The van der Waals surface area contributed by atoms with Crippen molar-refractivity contribution in [2.24, 2.45) is 0 Å². The smallest absolute Gasteiger partial charge is 0.188 e. The number of rotatable bonds is 4. The second-order valence-electron chi connectivity index (χ2n) is 5.82. The van der Waals surface area contributed by atoms with Gasteiger partial charge in [-0.05, 0) is 25.1 Å². The Labute approximate surface area is 150 Å². The molecular formula is C18H19N5OS. The molecule has 0 aliphatic carbocycles. The van der Waals surface area contributed by atoms with Crippen molar-refractivity contribution < 1.29 is 4.74 Å². The molecule has 0 atom stereocenters. The first-order valence-electron chi connectivity index (χ1n) is 8.23. The van der Waals surface area contributed by atoms with Gasteiger partial charge in [-0.1, -0.05) is 23.5 Å². The number of aryl methyl sites for hydroxylation is 1. The van der Waals surface area contributed by atoms with Crippen molar-refractivity contribution in [1.29, 1.82) is 0 Å². The lowest BCUT2D eigenvalue weighted by Crippen LogP contribution is -2.36. The zero-order valence-electron chi connectivity index (χ0n) is 14.0. The molecule has 0 saturated carbocycles. The molecular weight excluding hydrogens is 334 g/mol. The average Bonchev–Trinajstić information content (AvgIpc) is 3.12. The van der Waals surface area contributed by atoms with Crippen molar-refractivity contribution in [3.05, 3.63) is 48.4 Å². The normalized spacial score (nSPS) is 14.5. The van der Waals surface area contributed by atoms with Gasteiger partial charge in [0.1, 0.15) is 11.6 Å². The van der Waals surface area contributed by atoms with Crippen LogP contribution in [-0.4, -0.2) is 41.3 Å². The first kappa shape index (κ1) is 16.0. The highest BCUT2D eigenvalue weighted by atomic mass is 32.1. The summed E-state index contributed by atoms with van der Waals surface area (Å²) in [6, 6.07) is 10.1. The van der Waals surface area contributed by atoms with Gasteiger partial charge in [0.25, 0.3) is 0 Å². The summed E-state index contributed by atoms with van der Waals surface area (Å²) in [5, 5.41) is 4.12. The fourth-order valence-electron chi connectivity index (χ4n) is 2.65. The molecule has 0 radical (unpaired) electrons. The number of aromatic nitrogens is 3. The molecule has 4 heterocycles. The van der Waals surface area contributed by atoms with Crippen molar-refractivity contribution in [2.45, 2.75) is 6.92 Å². The molecule has 1 fully saturated rings. The molecule has 1 N–H and O–H groups in total. The van der Waals surface area contributed by atoms with E-state index in [0.29, 0.717) is 0 Å². The fraction of sp³-hybridized carbons (Fsp3) is 0.278. The Morgan fingerprint density at radius 1 is 1.08 bits per heavy atom. The summed E-state index contributed by atoms with van der Waals surface area (Å²) in [4.78, 5) is 16.8. The van der Waals surface area contributed by atoms with Gasteiger partial charge in [0, 0.05) is 36.7 Å². The molecule has 1 saturated heterocycles. The first-order valence-corrected chi connectivity index (χ1v) is 9.05. The van der Waals surface area contributed by atoms with E-state index in [4.69, 9.17) is 9.72 Å². The number of hydrogen-bond acceptors (Lipinski definition) is 7. The van der Waals surface area contributed by atoms with E-state index in [-0.39, 0.29) is 0 Å². The molecule has 128 valence electrons. The molecule has 7 heteroatoms. The van der Waals surface area contributed by atoms with Crippen molar-refractivity contribution in [1.82, 2.24) is 15.0 Å². The van der Waals surface area contributed by atoms with Crippen LogP contribution in [0, 0.1) is 6.92 Å². The number of anilines is 3. The largest absolute Gasteiger partial charge is 0.378 e. The zero-order chi connectivity index (χ0) is 17.1. The molecule has 6 nitrogen and oxygen atoms in total. The van der Waals surface area contributed by atoms with Crippen LogP contribution in [0.1, 0.15) is 5.69 Å². The number of pyridine rings is 2. The minimum atomic E-state index is 0.750. The molecule has 0 spiro atoms. The van der Waals surface area contributed by atoms with Crippen LogP contribution in [0.5, 0.6) is 0 Å². The van der Waals surface area contributed by atoms with Gasteiger partial charge in [-0.15, -0.1) is 0 Å². The second kappa shape index (κ2) is 7.16. The first-order chi connectivity index (χ1) is 12.3. The highest BCUT2D eigenvalue weighted by molar-refractivity contribution is 7.18. The van der Waals surface area contributed by atoms with E-state index < -0.39 is 0 Å². The van der Waals surface area contributed by atoms with Crippen LogP contribution < -0.4 is 10.2 Å². The lowest BCUT2D eigenvalue weighted by Gasteiger charge is -2.27. The van der Waals surface area contributed by atoms with Crippen molar-refractivity contribution >= 4 is 28.1 Å². The van der Waals surface area contributed by atoms with Crippen LogP contribution in [0.3, 0.4) is 0 Å². The number of morpholine rings is 1. The average molecular weight is 353 g/mol. The maximum Gasteiger partial charge on any atom is 0.188 e. The van der Waals surface area contributed by atoms with E-state index in [1.165, 1.54) is 0 Å². The van der Waals surface area contributed by atoms with Gasteiger partial charge < -0.3 is 15.0 Å². The van der Waals surface area contributed by atoms with Crippen LogP contribution in [0.2, 0.25) is 0 Å². The quantitative estimate of drug-likeness (QED) is 0.775. The third kappa shape index (κ3) is 3.78. The van der Waals surface area contributed by atoms with Gasteiger partial charge in [0.05, 0.1) is 18.1 Å². The summed E-state index contributed by atoms with van der Waals surface area (Å²) < 4.78 is 5.40. The fourth-order valence-corrected chi connectivity index (χ4v) is 3.46. The minimum absolute atomic E-state index is 0.750. The highest BCUT2D eigenvalue weighted by Gasteiger charge is 2.13. The van der Waals surface area contributed by atoms with Gasteiger partial charge in [0.15, 0.2) is 5.13 Å². The molecule has 0 bridgehead atoms. The van der Waals surface area contributed by atoms with Gasteiger partial charge in [0.2, 0.25) is 0 Å². The molecule has 4 rings (SSSR count). The molecule has 0 amide bonds. The lowest BCUT2D eigenvalue weighted by molar-refractivity contribution is 0.122. The highest BCUT2D eigenvalue weighted by Crippen LogP contribution is 2.30. The Kier molecular flexibility index (Phi) is 4.58. The Morgan fingerprint density at radius 2 is 1.96 bits per heavy atom. The number of nitrogens with one attached hydrogen (secondary N) is 1. The lowest BCUT2D eigenvalue weighted by atomic mass is 10.2. The third-order valence-corrected chi connectivity index (χ3v) is 4.97. The second-order valence-corrected chi connectivity index (χ2v) is 6.85. The summed E-state index contributed by atoms with van der Waals surface area (Å²) in [5.41, 5.74) is 2.09. The molecule has 1 aliphatic heterocycles. The predicted octanol–water partition coefficient (Wildman–Crippen LogP) is 3.49. The van der Waals surface area contributed by atoms with Gasteiger partial charge in [-0.3, -0.25) is 4.98 Å². The van der Waals surface area contributed by atoms with Gasteiger partial charge >= 0.3 is 0 Å². The molecule has 0 unspecified atom stereocenters. The van der Waals surface area contributed by atoms with Crippen LogP contribution in [0.25, 0.3) is 10.4 Å². The Bertz CT molecular complexity index is 843. The van der Waals surface area contributed by atoms with E-state index in [9.17, 15) is 0 Å². The molecule has 3 aromatic rings. The van der Waals surface area contributed by atoms with Crippen LogP contribution in [-0.2, 0) is 4.74 Å². The Hall–Kier alpha value is -2.51. The van der Waals surface area contributed by atoms with E-state index in [2.05, 4.69) is 26.3 Å². The molecule has 3 aromatic heterocycles. The maximum absolute atomic E-state index is 5.40. The monoisotopic (exact) mass is 353 g/mol. The standard InChI is InChI=1S/C18H19N5OS/c1-13-5-6-14(11-19-13)15-12-20-18(25-15)22-16-3-2-4-17(21-16)23-7-9-24-10-8-23/h2-6,11-12H,7-10H2,1H3,(H,20,21,22). The van der Waals surface area contributed by atoms with Crippen LogP contribution in [0.4, 0.5) is 16.8 Å². The Morgan fingerprint density at radius 3 is 2.76 bits per heavy atom. The van der Waals surface area contributed by atoms with E-state index in [1.807, 2.05) is 43.6 Å². The third-order valence-electron chi connectivity index (χ3n) is 4.01. The van der Waals surface area contributed by atoms with E-state index in [0.717, 1.165) is 59.2 Å². The van der Waals surface area contributed by atoms with E-state index in [1.54, 1.807) is 11.3 Å². The van der Waals surface area contributed by atoms with Crippen LogP contribution in [0.15, 0.2) is 42.7 Å². The number of nitrogens with zero attached hydrogens (tertiary/aromatic N) is 4. The number of ether oxygens (including phenoxy) is 1. The zero-order valence-corrected chi connectivity index (χ0v) is 14.8. The summed E-state index contributed by atoms with van der Waals surface area (Å²) >= 11 is 1.59. The topological polar surface area (TPSA) is 63.2 Å². The molecule has 0 aromatic carbocycles. The maximum atomic E-state index is 5.40. The molecule has 25 heavy (non-hydrogen) atoms. The van der Waals surface area contributed by atoms with Crippen molar-refractivity contribution in [3.8, 4) is 10.4 Å². The van der Waals surface area contributed by atoms with Crippen molar-refractivity contribution in [2.75, 3.05) is 36.5 Å². The van der Waals surface area contributed by atoms with Gasteiger partial charge in [-0.2, -0.15) is 0 Å². The summed E-state index contributed by atoms with van der Waals surface area (Å²) in [7, 11) is 0. The SMILES string of the molecule is Cc1ccc(-c2cnc(Nc3cccc(N4CCOCC4)n3)s2)cn1. The summed E-state index contributed by atoms with van der Waals surface area (Å²) in [6.07, 6.45) is 3.75. The summed E-state index contributed by atoms with van der Waals surface area (Å²) in [6.45, 7) is 5.23. The number of thiazole rings is 1. The Balaban J connectivity index is 1.50. The predicted molar refractivity (Wildman–Crippen MR) is 101 cm³/mol.